The predicted octanol–water partition coefficient (Wildman–Crippen LogP) is 2.20. The van der Waals surface area contributed by atoms with Crippen molar-refractivity contribution >= 4 is 10.3 Å². The summed E-state index contributed by atoms with van der Waals surface area (Å²) in [5.74, 6) is -0.472. The van der Waals surface area contributed by atoms with Crippen molar-refractivity contribution in [3.05, 3.63) is 71.5 Å². The van der Waals surface area contributed by atoms with Gasteiger partial charge in [0.1, 0.15) is 18.0 Å². The van der Waals surface area contributed by atoms with Crippen LogP contribution in [0.15, 0.2) is 54.6 Å². The molecule has 1 saturated heterocycles. The van der Waals surface area contributed by atoms with Crippen molar-refractivity contribution in [1.29, 1.82) is 0 Å². The summed E-state index contributed by atoms with van der Waals surface area (Å²) < 4.78 is 52.3. The molecule has 1 fully saturated rings. The highest BCUT2D eigenvalue weighted by molar-refractivity contribution is 7.84. The molecule has 2 N–H and O–H groups in total. The molecule has 6 nitrogen and oxygen atoms in total. The van der Waals surface area contributed by atoms with Gasteiger partial charge < -0.3 is 9.47 Å². The lowest BCUT2D eigenvalue weighted by Gasteiger charge is -2.16. The predicted molar refractivity (Wildman–Crippen MR) is 83.3 cm³/mol. The number of halogens is 1. The Morgan fingerprint density at radius 2 is 1.71 bits per heavy atom. The van der Waals surface area contributed by atoms with Gasteiger partial charge in [-0.15, -0.1) is 0 Å². The van der Waals surface area contributed by atoms with Crippen molar-refractivity contribution < 1.29 is 26.5 Å². The first kappa shape index (κ1) is 17.0. The number of benzene rings is 2. The second-order valence-electron chi connectivity index (χ2n) is 5.27. The van der Waals surface area contributed by atoms with Crippen LogP contribution in [0.4, 0.5) is 4.39 Å². The van der Waals surface area contributed by atoms with Gasteiger partial charge in [0.2, 0.25) is 0 Å². The number of rotatable bonds is 5. The monoisotopic (exact) mass is 353 g/mol. The minimum atomic E-state index is -4.14. The van der Waals surface area contributed by atoms with Crippen molar-refractivity contribution in [3.8, 4) is 0 Å². The first-order chi connectivity index (χ1) is 11.4. The Kier molecular flexibility index (Phi) is 4.93. The molecule has 2 aromatic carbocycles. The topological polar surface area (TPSA) is 87.9 Å². The molecule has 3 atom stereocenters. The number of hydrogen-bond donors (Lipinski definition) is 1. The van der Waals surface area contributed by atoms with Crippen molar-refractivity contribution in [2.45, 2.75) is 18.5 Å². The Labute approximate surface area is 139 Å². The first-order valence-electron chi connectivity index (χ1n) is 7.21. The Morgan fingerprint density at radius 3 is 2.38 bits per heavy atom. The van der Waals surface area contributed by atoms with Crippen LogP contribution in [0, 0.1) is 5.82 Å². The van der Waals surface area contributed by atoms with E-state index < -0.39 is 34.6 Å². The van der Waals surface area contributed by atoms with Crippen LogP contribution in [-0.2, 0) is 24.0 Å². The molecular weight excluding hydrogens is 337 g/mol. The highest BCUT2D eigenvalue weighted by atomic mass is 32.2. The van der Waals surface area contributed by atoms with Crippen LogP contribution in [-0.4, -0.2) is 21.1 Å². The highest BCUT2D eigenvalue weighted by Gasteiger charge is 2.39. The van der Waals surface area contributed by atoms with Crippen LogP contribution >= 0.6 is 0 Å². The van der Waals surface area contributed by atoms with Gasteiger partial charge in [-0.05, 0) is 6.07 Å². The summed E-state index contributed by atoms with van der Waals surface area (Å²) in [5.41, 5.74) is 0.996. The maximum absolute atomic E-state index is 14.1. The largest absolute Gasteiger partial charge is 0.340 e. The van der Waals surface area contributed by atoms with E-state index >= 15 is 0 Å². The van der Waals surface area contributed by atoms with Crippen molar-refractivity contribution in [3.63, 3.8) is 0 Å². The Balaban J connectivity index is 1.86. The molecule has 24 heavy (non-hydrogen) atoms. The molecule has 0 bridgehead atoms. The molecule has 0 radical (unpaired) electrons. The molecule has 1 aliphatic rings. The smallest absolute Gasteiger partial charge is 0.333 e. The van der Waals surface area contributed by atoms with Crippen molar-refractivity contribution in [1.82, 2.24) is 0 Å². The lowest BCUT2D eigenvalue weighted by atomic mass is 10.0. The third-order valence-electron chi connectivity index (χ3n) is 3.59. The summed E-state index contributed by atoms with van der Waals surface area (Å²) in [7, 11) is -4.14. The fourth-order valence-electron chi connectivity index (χ4n) is 2.52. The van der Waals surface area contributed by atoms with Gasteiger partial charge in [-0.3, -0.25) is 4.18 Å². The Morgan fingerprint density at radius 1 is 1.04 bits per heavy atom. The van der Waals surface area contributed by atoms with Gasteiger partial charge in [0.15, 0.2) is 6.29 Å². The highest BCUT2D eigenvalue weighted by Crippen LogP contribution is 2.40. The van der Waals surface area contributed by atoms with Crippen molar-refractivity contribution in [2.75, 3.05) is 6.61 Å². The lowest BCUT2D eigenvalue weighted by molar-refractivity contribution is -0.0729. The lowest BCUT2D eigenvalue weighted by Crippen LogP contribution is -2.27. The normalized spacial score (nSPS) is 24.2. The van der Waals surface area contributed by atoms with Gasteiger partial charge >= 0.3 is 10.3 Å². The fourth-order valence-corrected chi connectivity index (χ4v) is 2.84. The third-order valence-corrected chi connectivity index (χ3v) is 4.05. The van der Waals surface area contributed by atoms with Crippen molar-refractivity contribution in [2.24, 2.45) is 5.14 Å². The summed E-state index contributed by atoms with van der Waals surface area (Å²) in [6.07, 6.45) is -2.41. The van der Waals surface area contributed by atoms with E-state index in [0.29, 0.717) is 0 Å². The number of hydrogen-bond acceptors (Lipinski definition) is 5. The van der Waals surface area contributed by atoms with Crippen LogP contribution in [0.1, 0.15) is 23.5 Å². The molecule has 0 amide bonds. The van der Waals surface area contributed by atoms with Crippen LogP contribution in [0.2, 0.25) is 0 Å². The number of ether oxygens (including phenoxy) is 2. The first-order valence-corrected chi connectivity index (χ1v) is 8.68. The van der Waals surface area contributed by atoms with Gasteiger partial charge in [-0.2, -0.15) is 8.42 Å². The second-order valence-corrected chi connectivity index (χ2v) is 6.49. The maximum atomic E-state index is 14.1. The molecule has 0 saturated carbocycles. The summed E-state index contributed by atoms with van der Waals surface area (Å²) >= 11 is 0. The zero-order chi connectivity index (χ0) is 17.2. The van der Waals surface area contributed by atoms with E-state index in [4.69, 9.17) is 14.6 Å². The second kappa shape index (κ2) is 6.96. The van der Waals surface area contributed by atoms with E-state index in [-0.39, 0.29) is 12.2 Å². The van der Waals surface area contributed by atoms with Gasteiger partial charge in [0.25, 0.3) is 0 Å². The standard InChI is InChI=1S/C16H16FNO5S/c17-13-9-5-4-8-12(13)15-14(10-21-24(18,19)20)22-16(23-15)11-6-2-1-3-7-11/h1-9,14-16H,10H2,(H2,18,19,20)/t14-,15-,16?/m1/s1. The SMILES string of the molecule is NS(=O)(=O)OC[C@H]1OC(c2ccccc2)O[C@@H]1c1ccccc1F. The van der Waals surface area contributed by atoms with Crippen LogP contribution in [0.25, 0.3) is 0 Å². The molecule has 1 aliphatic heterocycles. The van der Waals surface area contributed by atoms with Crippen LogP contribution in [0.5, 0.6) is 0 Å². The Bertz CT molecular complexity index is 799. The minimum absolute atomic E-state index is 0.263. The van der Waals surface area contributed by atoms with E-state index in [2.05, 4.69) is 4.18 Å². The molecule has 1 unspecified atom stereocenters. The summed E-state index contributed by atoms with van der Waals surface area (Å²) in [6.45, 7) is -0.374. The molecule has 1 heterocycles. The minimum Gasteiger partial charge on any atom is -0.340 e. The zero-order valence-electron chi connectivity index (χ0n) is 12.5. The van der Waals surface area contributed by atoms with Gasteiger partial charge in [-0.1, -0.05) is 48.5 Å². The third kappa shape index (κ3) is 3.97. The van der Waals surface area contributed by atoms with E-state index in [1.165, 1.54) is 6.07 Å². The summed E-state index contributed by atoms with van der Waals surface area (Å²) in [6, 6.07) is 15.1. The van der Waals surface area contributed by atoms with Crippen LogP contribution in [0.3, 0.4) is 0 Å². The summed E-state index contributed by atoms with van der Waals surface area (Å²) in [4.78, 5) is 0. The summed E-state index contributed by atoms with van der Waals surface area (Å²) in [5, 5.41) is 4.85. The molecule has 8 heteroatoms. The quantitative estimate of drug-likeness (QED) is 0.890. The molecule has 2 aromatic rings. The maximum Gasteiger partial charge on any atom is 0.333 e. The molecule has 0 aromatic heterocycles. The average molecular weight is 353 g/mol. The zero-order valence-corrected chi connectivity index (χ0v) is 13.4. The van der Waals surface area contributed by atoms with E-state index in [1.54, 1.807) is 30.3 Å². The fraction of sp³-hybridized carbons (Fsp3) is 0.250. The van der Waals surface area contributed by atoms with Gasteiger partial charge in [0, 0.05) is 11.1 Å². The molecule has 0 spiro atoms. The molecular formula is C16H16FNO5S. The Hall–Kier alpha value is -1.84. The molecule has 0 aliphatic carbocycles. The van der Waals surface area contributed by atoms with E-state index in [9.17, 15) is 12.8 Å². The van der Waals surface area contributed by atoms with Gasteiger partial charge in [0.05, 0.1) is 6.61 Å². The van der Waals surface area contributed by atoms with Crippen LogP contribution < -0.4 is 5.14 Å². The number of nitrogens with two attached hydrogens (primary N) is 1. The average Bonchev–Trinajstić information content (AvgIpc) is 2.98. The van der Waals surface area contributed by atoms with E-state index in [1.807, 2.05) is 18.2 Å². The van der Waals surface area contributed by atoms with Gasteiger partial charge in [-0.25, -0.2) is 9.53 Å². The molecule has 128 valence electrons. The van der Waals surface area contributed by atoms with E-state index in [0.717, 1.165) is 5.56 Å². The molecule has 3 rings (SSSR count).